The molecule has 27 heavy (non-hydrogen) atoms. The molecule has 6 heteroatoms. The zero-order valence-electron chi connectivity index (χ0n) is 14.8. The number of H-pyrrole nitrogens is 1. The lowest BCUT2D eigenvalue weighted by Gasteiger charge is -2.22. The third-order valence-electron chi connectivity index (χ3n) is 4.50. The summed E-state index contributed by atoms with van der Waals surface area (Å²) in [6, 6.07) is 16.0. The van der Waals surface area contributed by atoms with Gasteiger partial charge in [0.1, 0.15) is 5.01 Å². The highest BCUT2D eigenvalue weighted by atomic mass is 32.1. The number of benzene rings is 2. The number of amides is 1. The molecule has 0 saturated carbocycles. The molecule has 0 aliphatic heterocycles. The second-order valence-electron chi connectivity index (χ2n) is 6.38. The fourth-order valence-corrected chi connectivity index (χ4v) is 3.75. The minimum Gasteiger partial charge on any atom is -0.345 e. The van der Waals surface area contributed by atoms with Gasteiger partial charge in [-0.15, -0.1) is 11.3 Å². The first-order valence-corrected chi connectivity index (χ1v) is 9.82. The molecule has 0 atom stereocenters. The Balaban J connectivity index is 1.50. The molecule has 0 unspecified atom stereocenters. The predicted molar refractivity (Wildman–Crippen MR) is 108 cm³/mol. The summed E-state index contributed by atoms with van der Waals surface area (Å²) in [4.78, 5) is 26.7. The SMILES string of the molecule is O=C(c1ccc2nc[nH]c2c1)N(CCCc1ccccc1)Cc1nccs1. The van der Waals surface area contributed by atoms with Crippen molar-refractivity contribution >= 4 is 28.3 Å². The van der Waals surface area contributed by atoms with Gasteiger partial charge in [0, 0.05) is 23.7 Å². The minimum atomic E-state index is 0.0229. The maximum absolute atomic E-state index is 13.1. The molecule has 0 saturated heterocycles. The fraction of sp³-hybridized carbons (Fsp3) is 0.190. The largest absolute Gasteiger partial charge is 0.345 e. The molecule has 2 aromatic heterocycles. The Kier molecular flexibility index (Phi) is 5.25. The number of carbonyl (C=O) groups is 1. The van der Waals surface area contributed by atoms with Crippen LogP contribution in [0.5, 0.6) is 0 Å². The summed E-state index contributed by atoms with van der Waals surface area (Å²) in [5, 5.41) is 2.89. The normalized spacial score (nSPS) is 11.0. The topological polar surface area (TPSA) is 61.9 Å². The van der Waals surface area contributed by atoms with Crippen molar-refractivity contribution in [3.8, 4) is 0 Å². The molecule has 2 aromatic carbocycles. The number of carbonyl (C=O) groups excluding carboxylic acids is 1. The molecular formula is C21H20N4OS. The summed E-state index contributed by atoms with van der Waals surface area (Å²) in [6.45, 7) is 1.22. The second kappa shape index (κ2) is 8.14. The molecule has 0 radical (unpaired) electrons. The van der Waals surface area contributed by atoms with E-state index in [1.54, 1.807) is 23.9 Å². The fourth-order valence-electron chi connectivity index (χ4n) is 3.12. The second-order valence-corrected chi connectivity index (χ2v) is 7.36. The smallest absolute Gasteiger partial charge is 0.254 e. The number of hydrogen-bond acceptors (Lipinski definition) is 4. The van der Waals surface area contributed by atoms with E-state index in [-0.39, 0.29) is 5.91 Å². The molecule has 4 rings (SSSR count). The van der Waals surface area contributed by atoms with Crippen molar-refractivity contribution in [2.75, 3.05) is 6.54 Å². The average Bonchev–Trinajstić information content (AvgIpc) is 3.38. The lowest BCUT2D eigenvalue weighted by atomic mass is 10.1. The van der Waals surface area contributed by atoms with Gasteiger partial charge in [-0.05, 0) is 36.6 Å². The van der Waals surface area contributed by atoms with Crippen LogP contribution >= 0.6 is 11.3 Å². The van der Waals surface area contributed by atoms with E-state index in [2.05, 4.69) is 27.1 Å². The molecule has 5 nitrogen and oxygen atoms in total. The third-order valence-corrected chi connectivity index (χ3v) is 5.26. The number of imidazole rings is 1. The average molecular weight is 376 g/mol. The zero-order chi connectivity index (χ0) is 18.5. The summed E-state index contributed by atoms with van der Waals surface area (Å²) in [5.74, 6) is 0.0229. The quantitative estimate of drug-likeness (QED) is 0.523. The van der Waals surface area contributed by atoms with Crippen molar-refractivity contribution in [1.29, 1.82) is 0 Å². The number of thiazole rings is 1. The van der Waals surface area contributed by atoms with Gasteiger partial charge in [-0.2, -0.15) is 0 Å². The summed E-state index contributed by atoms with van der Waals surface area (Å²) in [6.07, 6.45) is 5.28. The van der Waals surface area contributed by atoms with Gasteiger partial charge in [-0.1, -0.05) is 30.3 Å². The molecular weight excluding hydrogens is 356 g/mol. The van der Waals surface area contributed by atoms with Crippen LogP contribution in [0.4, 0.5) is 0 Å². The first-order valence-electron chi connectivity index (χ1n) is 8.94. The van der Waals surface area contributed by atoms with Crippen LogP contribution < -0.4 is 0 Å². The van der Waals surface area contributed by atoms with Crippen LogP contribution in [0.1, 0.15) is 27.3 Å². The van der Waals surface area contributed by atoms with Crippen molar-refractivity contribution in [1.82, 2.24) is 19.9 Å². The van der Waals surface area contributed by atoms with Crippen LogP contribution in [0.3, 0.4) is 0 Å². The van der Waals surface area contributed by atoms with Crippen molar-refractivity contribution in [2.45, 2.75) is 19.4 Å². The maximum Gasteiger partial charge on any atom is 0.254 e. The lowest BCUT2D eigenvalue weighted by molar-refractivity contribution is 0.0741. The van der Waals surface area contributed by atoms with Crippen LogP contribution in [0, 0.1) is 0 Å². The van der Waals surface area contributed by atoms with E-state index in [0.717, 1.165) is 28.9 Å². The monoisotopic (exact) mass is 376 g/mol. The van der Waals surface area contributed by atoms with E-state index in [9.17, 15) is 4.79 Å². The summed E-state index contributed by atoms with van der Waals surface area (Å²) >= 11 is 1.58. The Morgan fingerprint density at radius 2 is 2.00 bits per heavy atom. The molecule has 4 aromatic rings. The zero-order valence-corrected chi connectivity index (χ0v) is 15.7. The Morgan fingerprint density at radius 1 is 1.11 bits per heavy atom. The minimum absolute atomic E-state index is 0.0229. The lowest BCUT2D eigenvalue weighted by Crippen LogP contribution is -2.31. The summed E-state index contributed by atoms with van der Waals surface area (Å²) in [7, 11) is 0. The molecule has 0 aliphatic rings. The van der Waals surface area contributed by atoms with Crippen molar-refractivity contribution in [3.63, 3.8) is 0 Å². The number of aromatic amines is 1. The van der Waals surface area contributed by atoms with Gasteiger partial charge in [0.2, 0.25) is 0 Å². The Hall–Kier alpha value is -2.99. The third kappa shape index (κ3) is 4.23. The Morgan fingerprint density at radius 3 is 2.81 bits per heavy atom. The number of hydrogen-bond donors (Lipinski definition) is 1. The van der Waals surface area contributed by atoms with Crippen LogP contribution in [0.2, 0.25) is 0 Å². The van der Waals surface area contributed by atoms with Gasteiger partial charge in [-0.3, -0.25) is 4.79 Å². The number of aromatic nitrogens is 3. The first kappa shape index (κ1) is 17.4. The predicted octanol–water partition coefficient (Wildman–Crippen LogP) is 4.29. The number of fused-ring (bicyclic) bond motifs is 1. The van der Waals surface area contributed by atoms with Crippen LogP contribution in [-0.4, -0.2) is 32.3 Å². The highest BCUT2D eigenvalue weighted by molar-refractivity contribution is 7.09. The number of rotatable bonds is 7. The van der Waals surface area contributed by atoms with Gasteiger partial charge >= 0.3 is 0 Å². The standard InChI is InChI=1S/C21H20N4OS/c26-21(17-8-9-18-19(13-17)24-15-23-18)25(14-20-22-10-12-27-20)11-4-7-16-5-2-1-3-6-16/h1-3,5-6,8-10,12-13,15H,4,7,11,14H2,(H,23,24). The Bertz CT molecular complexity index is 1010. The van der Waals surface area contributed by atoms with Gasteiger partial charge in [0.15, 0.2) is 0 Å². The summed E-state index contributed by atoms with van der Waals surface area (Å²) < 4.78 is 0. The van der Waals surface area contributed by atoms with E-state index in [1.165, 1.54) is 5.56 Å². The highest BCUT2D eigenvalue weighted by Crippen LogP contribution is 2.17. The van der Waals surface area contributed by atoms with Gasteiger partial charge < -0.3 is 9.88 Å². The van der Waals surface area contributed by atoms with Gasteiger partial charge in [-0.25, -0.2) is 9.97 Å². The molecule has 0 fully saturated rings. The van der Waals surface area contributed by atoms with E-state index in [1.807, 2.05) is 46.7 Å². The van der Waals surface area contributed by atoms with Crippen molar-refractivity contribution in [3.05, 3.63) is 82.6 Å². The molecule has 136 valence electrons. The van der Waals surface area contributed by atoms with E-state index in [0.29, 0.717) is 18.7 Å². The van der Waals surface area contributed by atoms with Crippen molar-refractivity contribution in [2.24, 2.45) is 0 Å². The first-order chi connectivity index (χ1) is 13.3. The van der Waals surface area contributed by atoms with Crippen LogP contribution in [-0.2, 0) is 13.0 Å². The molecule has 2 heterocycles. The highest BCUT2D eigenvalue weighted by Gasteiger charge is 2.18. The van der Waals surface area contributed by atoms with E-state index in [4.69, 9.17) is 0 Å². The van der Waals surface area contributed by atoms with Crippen LogP contribution in [0.15, 0.2) is 66.4 Å². The van der Waals surface area contributed by atoms with Crippen molar-refractivity contribution < 1.29 is 4.79 Å². The van der Waals surface area contributed by atoms with Gasteiger partial charge in [0.05, 0.1) is 23.9 Å². The molecule has 1 amide bonds. The summed E-state index contributed by atoms with van der Waals surface area (Å²) in [5.41, 5.74) is 3.70. The van der Waals surface area contributed by atoms with Gasteiger partial charge in [0.25, 0.3) is 5.91 Å². The Labute approximate surface area is 161 Å². The van der Waals surface area contributed by atoms with E-state index < -0.39 is 0 Å². The molecule has 0 bridgehead atoms. The molecule has 0 spiro atoms. The van der Waals surface area contributed by atoms with Crippen LogP contribution in [0.25, 0.3) is 11.0 Å². The number of aryl methyl sites for hydroxylation is 1. The number of nitrogens with one attached hydrogen (secondary N) is 1. The molecule has 0 aliphatic carbocycles. The molecule has 1 N–H and O–H groups in total. The number of nitrogens with zero attached hydrogens (tertiary/aromatic N) is 3. The van der Waals surface area contributed by atoms with E-state index >= 15 is 0 Å². The maximum atomic E-state index is 13.1.